The van der Waals surface area contributed by atoms with Crippen LogP contribution in [0.2, 0.25) is 0 Å². The number of aromatic nitrogens is 3. The van der Waals surface area contributed by atoms with E-state index in [-0.39, 0.29) is 11.5 Å². The molecule has 0 aliphatic carbocycles. The van der Waals surface area contributed by atoms with E-state index in [4.69, 9.17) is 11.1 Å². The summed E-state index contributed by atoms with van der Waals surface area (Å²) >= 11 is 0. The lowest BCUT2D eigenvalue weighted by molar-refractivity contribution is -0.137. The van der Waals surface area contributed by atoms with E-state index in [9.17, 15) is 13.2 Å². The van der Waals surface area contributed by atoms with Gasteiger partial charge in [-0.1, -0.05) is 0 Å². The van der Waals surface area contributed by atoms with Gasteiger partial charge in [-0.25, -0.2) is 4.68 Å². The monoisotopic (exact) mass is 255 g/mol. The second kappa shape index (κ2) is 4.13. The molecule has 0 radical (unpaired) electrons. The van der Waals surface area contributed by atoms with Crippen LogP contribution in [0.15, 0.2) is 30.7 Å². The van der Waals surface area contributed by atoms with Crippen molar-refractivity contribution in [1.29, 1.82) is 5.41 Å². The summed E-state index contributed by atoms with van der Waals surface area (Å²) in [5, 5.41) is 10.8. The van der Waals surface area contributed by atoms with Crippen LogP contribution in [0.5, 0.6) is 0 Å². The number of rotatable bonds is 2. The fourth-order valence-corrected chi connectivity index (χ4v) is 1.32. The molecule has 0 aromatic carbocycles. The van der Waals surface area contributed by atoms with E-state index in [0.29, 0.717) is 5.69 Å². The third kappa shape index (κ3) is 2.31. The van der Waals surface area contributed by atoms with Gasteiger partial charge in [-0.3, -0.25) is 10.4 Å². The van der Waals surface area contributed by atoms with Crippen molar-refractivity contribution in [3.05, 3.63) is 42.0 Å². The standard InChI is InChI=1S/C10H8F3N5/c11-10(12,13)6-4-17-18(5-6)7-1-2-16-8(3-7)9(14)15/h1-5H,(H3,14,15). The van der Waals surface area contributed by atoms with Crippen LogP contribution in [-0.4, -0.2) is 20.6 Å². The highest BCUT2D eigenvalue weighted by Crippen LogP contribution is 2.29. The molecule has 0 unspecified atom stereocenters. The first-order valence-corrected chi connectivity index (χ1v) is 4.80. The summed E-state index contributed by atoms with van der Waals surface area (Å²) in [6, 6.07) is 2.86. The minimum atomic E-state index is -4.44. The number of nitrogens with two attached hydrogens (primary N) is 1. The minimum absolute atomic E-state index is 0.177. The van der Waals surface area contributed by atoms with Crippen molar-refractivity contribution >= 4 is 5.84 Å². The Morgan fingerprint density at radius 2 is 2.11 bits per heavy atom. The molecule has 8 heteroatoms. The van der Waals surface area contributed by atoms with E-state index in [1.807, 2.05) is 0 Å². The average molecular weight is 255 g/mol. The van der Waals surface area contributed by atoms with E-state index in [1.54, 1.807) is 0 Å². The zero-order valence-electron chi connectivity index (χ0n) is 8.94. The molecule has 0 bridgehead atoms. The van der Waals surface area contributed by atoms with Gasteiger partial charge in [0.25, 0.3) is 0 Å². The van der Waals surface area contributed by atoms with Crippen LogP contribution >= 0.6 is 0 Å². The van der Waals surface area contributed by atoms with E-state index < -0.39 is 11.7 Å². The number of nitrogens with zero attached hydrogens (tertiary/aromatic N) is 3. The van der Waals surface area contributed by atoms with Crippen LogP contribution in [-0.2, 0) is 6.18 Å². The number of halogens is 3. The quantitative estimate of drug-likeness (QED) is 0.631. The fourth-order valence-electron chi connectivity index (χ4n) is 1.32. The Labute approximate surface area is 99.6 Å². The first-order chi connectivity index (χ1) is 8.38. The molecule has 0 aliphatic rings. The Kier molecular flexibility index (Phi) is 2.77. The Bertz CT molecular complexity index is 587. The summed E-state index contributed by atoms with van der Waals surface area (Å²) in [5.41, 5.74) is 4.93. The Hall–Kier alpha value is -2.38. The number of amidine groups is 1. The van der Waals surface area contributed by atoms with E-state index in [1.165, 1.54) is 18.3 Å². The summed E-state index contributed by atoms with van der Waals surface area (Å²) in [6.07, 6.45) is -1.50. The maximum Gasteiger partial charge on any atom is 0.419 e. The number of alkyl halides is 3. The molecular weight excluding hydrogens is 247 g/mol. The van der Waals surface area contributed by atoms with Gasteiger partial charge >= 0.3 is 6.18 Å². The lowest BCUT2D eigenvalue weighted by Crippen LogP contribution is -2.13. The first kappa shape index (κ1) is 12.1. The molecule has 0 saturated carbocycles. The van der Waals surface area contributed by atoms with Gasteiger partial charge < -0.3 is 5.73 Å². The molecule has 5 nitrogen and oxygen atoms in total. The summed E-state index contributed by atoms with van der Waals surface area (Å²) in [4.78, 5) is 3.81. The molecule has 2 aromatic rings. The molecule has 0 fully saturated rings. The van der Waals surface area contributed by atoms with Gasteiger partial charge in [0.1, 0.15) is 11.5 Å². The van der Waals surface area contributed by atoms with Gasteiger partial charge in [-0.05, 0) is 12.1 Å². The van der Waals surface area contributed by atoms with Crippen LogP contribution in [0, 0.1) is 5.41 Å². The minimum Gasteiger partial charge on any atom is -0.382 e. The molecule has 2 aromatic heterocycles. The van der Waals surface area contributed by atoms with Gasteiger partial charge in [0.05, 0.1) is 17.4 Å². The number of hydrogen-bond donors (Lipinski definition) is 2. The lowest BCUT2D eigenvalue weighted by atomic mass is 10.3. The Morgan fingerprint density at radius 3 is 2.67 bits per heavy atom. The van der Waals surface area contributed by atoms with Crippen molar-refractivity contribution in [2.75, 3.05) is 0 Å². The van der Waals surface area contributed by atoms with Crippen molar-refractivity contribution in [2.45, 2.75) is 6.18 Å². The molecule has 0 aliphatic heterocycles. The average Bonchev–Trinajstić information content (AvgIpc) is 2.78. The highest BCUT2D eigenvalue weighted by molar-refractivity contribution is 5.93. The number of hydrogen-bond acceptors (Lipinski definition) is 3. The van der Waals surface area contributed by atoms with Crippen molar-refractivity contribution < 1.29 is 13.2 Å². The molecule has 0 saturated heterocycles. The molecule has 2 heterocycles. The SMILES string of the molecule is N=C(N)c1cc(-n2cc(C(F)(F)F)cn2)ccn1. The highest BCUT2D eigenvalue weighted by atomic mass is 19.4. The van der Waals surface area contributed by atoms with Crippen LogP contribution in [0.25, 0.3) is 5.69 Å². The van der Waals surface area contributed by atoms with Gasteiger partial charge in [0, 0.05) is 12.4 Å². The van der Waals surface area contributed by atoms with Crippen LogP contribution in [0.1, 0.15) is 11.3 Å². The predicted molar refractivity (Wildman–Crippen MR) is 57.4 cm³/mol. The molecule has 0 atom stereocenters. The molecular formula is C10H8F3N5. The zero-order chi connectivity index (χ0) is 13.3. The van der Waals surface area contributed by atoms with Gasteiger partial charge in [-0.15, -0.1) is 0 Å². The highest BCUT2D eigenvalue weighted by Gasteiger charge is 2.32. The lowest BCUT2D eigenvalue weighted by Gasteiger charge is -2.03. The Morgan fingerprint density at radius 1 is 1.39 bits per heavy atom. The number of pyridine rings is 1. The molecule has 18 heavy (non-hydrogen) atoms. The molecule has 0 amide bonds. The largest absolute Gasteiger partial charge is 0.419 e. The maximum absolute atomic E-state index is 12.4. The van der Waals surface area contributed by atoms with Gasteiger partial charge in [0.2, 0.25) is 0 Å². The molecule has 0 spiro atoms. The third-order valence-corrected chi connectivity index (χ3v) is 2.19. The second-order valence-electron chi connectivity index (χ2n) is 3.48. The van der Waals surface area contributed by atoms with Crippen LogP contribution in [0.3, 0.4) is 0 Å². The third-order valence-electron chi connectivity index (χ3n) is 2.19. The van der Waals surface area contributed by atoms with Crippen LogP contribution < -0.4 is 5.73 Å². The topological polar surface area (TPSA) is 80.6 Å². The smallest absolute Gasteiger partial charge is 0.382 e. The summed E-state index contributed by atoms with van der Waals surface area (Å²) in [7, 11) is 0. The van der Waals surface area contributed by atoms with Crippen LogP contribution in [0.4, 0.5) is 13.2 Å². The molecule has 3 N–H and O–H groups in total. The predicted octanol–water partition coefficient (Wildman–Crippen LogP) is 1.57. The molecule has 94 valence electrons. The Balaban J connectivity index is 2.40. The second-order valence-corrected chi connectivity index (χ2v) is 3.48. The zero-order valence-corrected chi connectivity index (χ0v) is 8.94. The van der Waals surface area contributed by atoms with Crippen molar-refractivity contribution in [3.63, 3.8) is 0 Å². The molecule has 2 rings (SSSR count). The van der Waals surface area contributed by atoms with Crippen molar-refractivity contribution in [3.8, 4) is 5.69 Å². The summed E-state index contributed by atoms with van der Waals surface area (Å²) < 4.78 is 38.3. The first-order valence-electron chi connectivity index (χ1n) is 4.80. The van der Waals surface area contributed by atoms with Gasteiger partial charge in [-0.2, -0.15) is 18.3 Å². The number of nitrogen functional groups attached to an aromatic ring is 1. The van der Waals surface area contributed by atoms with Crippen molar-refractivity contribution in [1.82, 2.24) is 14.8 Å². The summed E-state index contributed by atoms with van der Waals surface area (Å²) in [6.45, 7) is 0. The van der Waals surface area contributed by atoms with Gasteiger partial charge in [0.15, 0.2) is 0 Å². The van der Waals surface area contributed by atoms with E-state index in [0.717, 1.165) is 17.1 Å². The maximum atomic E-state index is 12.4. The van der Waals surface area contributed by atoms with Crippen molar-refractivity contribution in [2.24, 2.45) is 5.73 Å². The number of nitrogens with one attached hydrogen (secondary N) is 1. The van der Waals surface area contributed by atoms with E-state index in [2.05, 4.69) is 10.1 Å². The normalized spacial score (nSPS) is 11.5. The van der Waals surface area contributed by atoms with E-state index >= 15 is 0 Å². The fraction of sp³-hybridized carbons (Fsp3) is 0.100. The summed E-state index contributed by atoms with van der Waals surface area (Å²) in [5.74, 6) is -0.264.